The lowest BCUT2D eigenvalue weighted by Crippen LogP contribution is -1.97. The maximum Gasteiger partial charge on any atom is 0.231 e. The Hall–Kier alpha value is -3.22. The first-order valence-corrected chi connectivity index (χ1v) is 6.93. The summed E-state index contributed by atoms with van der Waals surface area (Å²) >= 11 is 0. The summed E-state index contributed by atoms with van der Waals surface area (Å²) in [4.78, 5) is 8.44. The Labute approximate surface area is 131 Å². The summed E-state index contributed by atoms with van der Waals surface area (Å²) in [6.45, 7) is 0.228. The number of aromatic hydroxyl groups is 1. The van der Waals surface area contributed by atoms with Crippen LogP contribution in [0.1, 0.15) is 0 Å². The topological polar surface area (TPSA) is 85.7 Å². The number of phenols is 1. The number of benzene rings is 2. The van der Waals surface area contributed by atoms with Gasteiger partial charge in [0.2, 0.25) is 6.79 Å². The van der Waals surface area contributed by atoms with E-state index < -0.39 is 0 Å². The van der Waals surface area contributed by atoms with Crippen LogP contribution in [-0.4, -0.2) is 29.0 Å². The largest absolute Gasteiger partial charge is 0.504 e. The van der Waals surface area contributed by atoms with Crippen molar-refractivity contribution in [2.45, 2.75) is 0 Å². The van der Waals surface area contributed by atoms with Crippen LogP contribution in [0.3, 0.4) is 0 Å². The van der Waals surface area contributed by atoms with E-state index >= 15 is 0 Å². The normalized spacial score (nSPS) is 12.4. The first kappa shape index (κ1) is 13.4. The van der Waals surface area contributed by atoms with Gasteiger partial charge in [-0.3, -0.25) is 0 Å². The Balaban J connectivity index is 1.76. The molecule has 1 aliphatic heterocycles. The smallest absolute Gasteiger partial charge is 0.231 e. The molecule has 116 valence electrons. The van der Waals surface area contributed by atoms with Crippen LogP contribution in [0, 0.1) is 0 Å². The molecule has 7 nitrogen and oxygen atoms in total. The van der Waals surface area contributed by atoms with Crippen molar-refractivity contribution in [2.75, 3.05) is 19.2 Å². The highest BCUT2D eigenvalue weighted by molar-refractivity contribution is 5.93. The van der Waals surface area contributed by atoms with E-state index in [-0.39, 0.29) is 12.5 Å². The molecule has 0 amide bonds. The first-order chi connectivity index (χ1) is 11.2. The molecule has 4 rings (SSSR count). The summed E-state index contributed by atoms with van der Waals surface area (Å²) in [6, 6.07) is 8.79. The summed E-state index contributed by atoms with van der Waals surface area (Å²) in [5.41, 5.74) is 1.42. The van der Waals surface area contributed by atoms with Crippen LogP contribution >= 0.6 is 0 Å². The van der Waals surface area contributed by atoms with E-state index in [9.17, 15) is 5.11 Å². The number of fused-ring (bicyclic) bond motifs is 2. The van der Waals surface area contributed by atoms with Crippen molar-refractivity contribution < 1.29 is 19.3 Å². The van der Waals surface area contributed by atoms with Gasteiger partial charge in [-0.25, -0.2) is 9.97 Å². The Morgan fingerprint density at radius 3 is 2.87 bits per heavy atom. The second-order valence-corrected chi connectivity index (χ2v) is 4.96. The number of nitrogens with one attached hydrogen (secondary N) is 1. The number of phenolic OH excluding ortho intramolecular Hbond substituents is 1. The predicted molar refractivity (Wildman–Crippen MR) is 83.6 cm³/mol. The van der Waals surface area contributed by atoms with Crippen LogP contribution in [0.4, 0.5) is 11.5 Å². The summed E-state index contributed by atoms with van der Waals surface area (Å²) in [7, 11) is 1.50. The molecule has 2 heterocycles. The second kappa shape index (κ2) is 5.20. The third kappa shape index (κ3) is 2.32. The van der Waals surface area contributed by atoms with Gasteiger partial charge < -0.3 is 24.6 Å². The maximum atomic E-state index is 9.86. The quantitative estimate of drug-likeness (QED) is 0.769. The van der Waals surface area contributed by atoms with E-state index in [0.29, 0.717) is 22.8 Å². The molecule has 7 heteroatoms. The molecule has 0 aliphatic carbocycles. The second-order valence-electron chi connectivity index (χ2n) is 4.96. The zero-order chi connectivity index (χ0) is 15.8. The fraction of sp³-hybridized carbons (Fsp3) is 0.125. The number of aromatic nitrogens is 2. The van der Waals surface area contributed by atoms with E-state index in [2.05, 4.69) is 15.3 Å². The standard InChI is InChI=1S/C16H13N3O4/c1-21-14-5-10-11(6-12(14)20)17-7-18-16(10)19-9-2-3-13-15(4-9)23-8-22-13/h2-7,20H,8H2,1H3,(H,17,18,19). The van der Waals surface area contributed by atoms with Gasteiger partial charge in [0.15, 0.2) is 23.0 Å². The molecule has 1 aliphatic rings. The molecule has 0 spiro atoms. The number of methoxy groups -OCH3 is 1. The molecule has 0 radical (unpaired) electrons. The molecule has 0 bridgehead atoms. The SMILES string of the molecule is COc1cc2c(Nc3ccc4c(c3)OCO4)ncnc2cc1O. The van der Waals surface area contributed by atoms with Gasteiger partial charge in [-0.2, -0.15) is 0 Å². The monoisotopic (exact) mass is 311 g/mol. The highest BCUT2D eigenvalue weighted by Crippen LogP contribution is 2.37. The Morgan fingerprint density at radius 1 is 1.13 bits per heavy atom. The van der Waals surface area contributed by atoms with Crippen molar-refractivity contribution in [3.8, 4) is 23.0 Å². The van der Waals surface area contributed by atoms with Crippen molar-refractivity contribution in [3.05, 3.63) is 36.7 Å². The minimum atomic E-state index is 0.0349. The van der Waals surface area contributed by atoms with Crippen molar-refractivity contribution in [1.82, 2.24) is 9.97 Å². The fourth-order valence-electron chi connectivity index (χ4n) is 2.45. The van der Waals surface area contributed by atoms with E-state index in [1.54, 1.807) is 12.1 Å². The summed E-state index contributed by atoms with van der Waals surface area (Å²) in [5.74, 6) is 2.40. The molecule has 0 saturated heterocycles. The summed E-state index contributed by atoms with van der Waals surface area (Å²) in [6.07, 6.45) is 1.43. The van der Waals surface area contributed by atoms with Crippen LogP contribution in [-0.2, 0) is 0 Å². The number of anilines is 2. The average molecular weight is 311 g/mol. The van der Waals surface area contributed by atoms with Crippen LogP contribution in [0.25, 0.3) is 10.9 Å². The molecule has 0 fully saturated rings. The fourth-order valence-corrected chi connectivity index (χ4v) is 2.45. The number of nitrogens with zero attached hydrogens (tertiary/aromatic N) is 2. The van der Waals surface area contributed by atoms with Gasteiger partial charge in [0.05, 0.1) is 12.6 Å². The van der Waals surface area contributed by atoms with Crippen LogP contribution in [0.15, 0.2) is 36.7 Å². The van der Waals surface area contributed by atoms with Gasteiger partial charge in [-0.15, -0.1) is 0 Å². The number of ether oxygens (including phenoxy) is 3. The predicted octanol–water partition coefficient (Wildman–Crippen LogP) is 2.82. The van der Waals surface area contributed by atoms with Crippen LogP contribution < -0.4 is 19.5 Å². The Morgan fingerprint density at radius 2 is 2.00 bits per heavy atom. The van der Waals surface area contributed by atoms with E-state index in [4.69, 9.17) is 14.2 Å². The molecular formula is C16H13N3O4. The third-order valence-corrected chi connectivity index (χ3v) is 3.57. The minimum Gasteiger partial charge on any atom is -0.504 e. The van der Waals surface area contributed by atoms with Crippen LogP contribution in [0.5, 0.6) is 23.0 Å². The number of hydrogen-bond acceptors (Lipinski definition) is 7. The molecule has 0 atom stereocenters. The van der Waals surface area contributed by atoms with Crippen molar-refractivity contribution in [3.63, 3.8) is 0 Å². The summed E-state index contributed by atoms with van der Waals surface area (Å²) in [5, 5.41) is 13.8. The van der Waals surface area contributed by atoms with Crippen molar-refractivity contribution in [2.24, 2.45) is 0 Å². The molecular weight excluding hydrogens is 298 g/mol. The molecule has 1 aromatic heterocycles. The van der Waals surface area contributed by atoms with Gasteiger partial charge in [0, 0.05) is 23.2 Å². The van der Waals surface area contributed by atoms with Gasteiger partial charge in [0.1, 0.15) is 12.1 Å². The molecule has 3 aromatic rings. The number of rotatable bonds is 3. The Kier molecular flexibility index (Phi) is 3.04. The number of hydrogen-bond donors (Lipinski definition) is 2. The highest BCUT2D eigenvalue weighted by atomic mass is 16.7. The molecule has 0 saturated carbocycles. The molecule has 2 N–H and O–H groups in total. The zero-order valence-electron chi connectivity index (χ0n) is 12.2. The Bertz CT molecular complexity index is 898. The maximum absolute atomic E-state index is 9.86. The third-order valence-electron chi connectivity index (χ3n) is 3.57. The van der Waals surface area contributed by atoms with Crippen molar-refractivity contribution in [1.29, 1.82) is 0 Å². The van der Waals surface area contributed by atoms with Gasteiger partial charge in [-0.1, -0.05) is 0 Å². The lowest BCUT2D eigenvalue weighted by molar-refractivity contribution is 0.174. The minimum absolute atomic E-state index is 0.0349. The highest BCUT2D eigenvalue weighted by Gasteiger charge is 2.14. The molecule has 23 heavy (non-hydrogen) atoms. The van der Waals surface area contributed by atoms with E-state index in [1.165, 1.54) is 13.4 Å². The van der Waals surface area contributed by atoms with Gasteiger partial charge in [0.25, 0.3) is 0 Å². The van der Waals surface area contributed by atoms with E-state index in [1.807, 2.05) is 18.2 Å². The van der Waals surface area contributed by atoms with Crippen molar-refractivity contribution >= 4 is 22.4 Å². The molecule has 0 unspecified atom stereocenters. The summed E-state index contributed by atoms with van der Waals surface area (Å²) < 4.78 is 15.8. The lowest BCUT2D eigenvalue weighted by atomic mass is 10.2. The molecule has 2 aromatic carbocycles. The van der Waals surface area contributed by atoms with Gasteiger partial charge >= 0.3 is 0 Å². The average Bonchev–Trinajstić information content (AvgIpc) is 3.02. The first-order valence-electron chi connectivity index (χ1n) is 6.93. The van der Waals surface area contributed by atoms with Gasteiger partial charge in [-0.05, 0) is 18.2 Å². The zero-order valence-corrected chi connectivity index (χ0v) is 12.2. The van der Waals surface area contributed by atoms with Crippen LogP contribution in [0.2, 0.25) is 0 Å². The lowest BCUT2D eigenvalue weighted by Gasteiger charge is -2.11. The van der Waals surface area contributed by atoms with E-state index in [0.717, 1.165) is 16.8 Å².